The predicted octanol–water partition coefficient (Wildman–Crippen LogP) is 3.33. The molecule has 0 saturated carbocycles. The lowest BCUT2D eigenvalue weighted by Crippen LogP contribution is -2.36. The highest BCUT2D eigenvalue weighted by Crippen LogP contribution is 2.44. The Morgan fingerprint density at radius 3 is 2.73 bits per heavy atom. The molecule has 0 amide bonds. The molecule has 5 rings (SSSR count). The van der Waals surface area contributed by atoms with E-state index in [4.69, 9.17) is 9.72 Å². The molecule has 30 heavy (non-hydrogen) atoms. The van der Waals surface area contributed by atoms with Crippen LogP contribution in [0.4, 0.5) is 11.8 Å². The average molecular weight is 406 g/mol. The van der Waals surface area contributed by atoms with Crippen molar-refractivity contribution >= 4 is 17.5 Å². The fourth-order valence-electron chi connectivity index (χ4n) is 4.86. The van der Waals surface area contributed by atoms with Crippen LogP contribution in [0.1, 0.15) is 55.6 Å². The van der Waals surface area contributed by atoms with E-state index >= 15 is 0 Å². The molecule has 1 atom stereocenters. The molecule has 1 saturated heterocycles. The number of methoxy groups -OCH3 is 1. The third-order valence-corrected chi connectivity index (χ3v) is 6.33. The van der Waals surface area contributed by atoms with Crippen LogP contribution in [0.15, 0.2) is 40.3 Å². The molecule has 1 aliphatic carbocycles. The van der Waals surface area contributed by atoms with Crippen molar-refractivity contribution < 1.29 is 9.53 Å². The van der Waals surface area contributed by atoms with Crippen LogP contribution in [0.3, 0.4) is 0 Å². The first-order valence-corrected chi connectivity index (χ1v) is 10.7. The lowest BCUT2D eigenvalue weighted by molar-refractivity contribution is -0.116. The maximum absolute atomic E-state index is 13.3. The molecular formula is C23H26N4O3. The summed E-state index contributed by atoms with van der Waals surface area (Å²) >= 11 is 0. The minimum Gasteiger partial charge on any atom is -0.497 e. The van der Waals surface area contributed by atoms with Gasteiger partial charge in [-0.3, -0.25) is 14.6 Å². The number of carbonyl (C=O) groups excluding carboxylic acids is 1. The van der Waals surface area contributed by atoms with E-state index in [1.807, 2.05) is 24.3 Å². The summed E-state index contributed by atoms with van der Waals surface area (Å²) in [5.74, 6) is 1.54. The largest absolute Gasteiger partial charge is 0.497 e. The van der Waals surface area contributed by atoms with Crippen LogP contribution in [0.25, 0.3) is 0 Å². The number of aromatic nitrogens is 2. The van der Waals surface area contributed by atoms with Crippen molar-refractivity contribution in [1.82, 2.24) is 9.97 Å². The Hall–Kier alpha value is -3.09. The standard InChI is InChI=1S/C23H26N4O3/c1-30-15-8-5-7-14(13-15)18-19-16(9-6-10-17(19)28)24-21-20(18)22(29)26-23(25-21)27-11-3-2-4-12-27/h5,7-8,13,18H,2-4,6,9-12H2,1H3,(H2,24,25,26,29). The predicted molar refractivity (Wildman–Crippen MR) is 115 cm³/mol. The van der Waals surface area contributed by atoms with Gasteiger partial charge >= 0.3 is 0 Å². The van der Waals surface area contributed by atoms with Crippen LogP contribution < -0.4 is 20.5 Å². The zero-order valence-corrected chi connectivity index (χ0v) is 17.2. The number of anilines is 2. The van der Waals surface area contributed by atoms with E-state index < -0.39 is 5.92 Å². The van der Waals surface area contributed by atoms with Gasteiger partial charge in [0, 0.05) is 36.7 Å². The summed E-state index contributed by atoms with van der Waals surface area (Å²) in [6.45, 7) is 1.79. The Morgan fingerprint density at radius 1 is 1.10 bits per heavy atom. The Bertz CT molecular complexity index is 1080. The van der Waals surface area contributed by atoms with E-state index in [1.54, 1.807) is 7.11 Å². The number of nitrogens with one attached hydrogen (secondary N) is 2. The van der Waals surface area contributed by atoms with E-state index in [0.29, 0.717) is 35.1 Å². The van der Waals surface area contributed by atoms with Gasteiger partial charge in [0.1, 0.15) is 11.6 Å². The van der Waals surface area contributed by atoms with Crippen molar-refractivity contribution in [3.63, 3.8) is 0 Å². The number of benzene rings is 1. The van der Waals surface area contributed by atoms with Crippen molar-refractivity contribution in [3.8, 4) is 5.75 Å². The Labute approximate surface area is 175 Å². The number of fused-ring (bicyclic) bond motifs is 1. The van der Waals surface area contributed by atoms with E-state index in [-0.39, 0.29) is 11.3 Å². The fourth-order valence-corrected chi connectivity index (χ4v) is 4.86. The maximum atomic E-state index is 13.3. The molecule has 1 aromatic carbocycles. The van der Waals surface area contributed by atoms with Crippen LogP contribution in [-0.4, -0.2) is 36.0 Å². The number of aromatic amines is 1. The fraction of sp³-hybridized carbons (Fsp3) is 0.435. The molecule has 156 valence electrons. The second kappa shape index (κ2) is 7.63. The first-order chi connectivity index (χ1) is 14.7. The lowest BCUT2D eigenvalue weighted by Gasteiger charge is -2.34. The third-order valence-electron chi connectivity index (χ3n) is 6.33. The first kappa shape index (κ1) is 18.9. The minimum atomic E-state index is -0.439. The second-order valence-electron chi connectivity index (χ2n) is 8.20. The van der Waals surface area contributed by atoms with E-state index in [9.17, 15) is 9.59 Å². The Balaban J connectivity index is 1.67. The molecule has 2 aliphatic heterocycles. The normalized spacial score (nSPS) is 21.0. The number of hydrogen-bond donors (Lipinski definition) is 2. The number of allylic oxidation sites excluding steroid dienone is 2. The maximum Gasteiger partial charge on any atom is 0.258 e. The molecule has 7 nitrogen and oxygen atoms in total. The van der Waals surface area contributed by atoms with Gasteiger partial charge < -0.3 is 15.0 Å². The van der Waals surface area contributed by atoms with Crippen molar-refractivity contribution in [2.45, 2.75) is 44.4 Å². The van der Waals surface area contributed by atoms with Crippen LogP contribution >= 0.6 is 0 Å². The van der Waals surface area contributed by atoms with Crippen LogP contribution in [0, 0.1) is 0 Å². The number of hydrogen-bond acceptors (Lipinski definition) is 6. The zero-order valence-electron chi connectivity index (χ0n) is 17.2. The van der Waals surface area contributed by atoms with Gasteiger partial charge in [-0.05, 0) is 49.8 Å². The molecule has 3 aliphatic rings. The highest BCUT2D eigenvalue weighted by molar-refractivity contribution is 6.00. The average Bonchev–Trinajstić information content (AvgIpc) is 2.78. The van der Waals surface area contributed by atoms with Gasteiger partial charge in [-0.1, -0.05) is 12.1 Å². The number of H-pyrrole nitrogens is 1. The summed E-state index contributed by atoms with van der Waals surface area (Å²) < 4.78 is 5.40. The minimum absolute atomic E-state index is 0.0988. The molecule has 1 aromatic heterocycles. The molecule has 1 fully saturated rings. The Morgan fingerprint density at radius 2 is 1.93 bits per heavy atom. The van der Waals surface area contributed by atoms with E-state index in [1.165, 1.54) is 6.42 Å². The van der Waals surface area contributed by atoms with E-state index in [2.05, 4.69) is 15.2 Å². The molecule has 0 radical (unpaired) electrons. The molecule has 1 unspecified atom stereocenters. The van der Waals surface area contributed by atoms with Crippen LogP contribution in [-0.2, 0) is 4.79 Å². The quantitative estimate of drug-likeness (QED) is 0.813. The molecule has 3 heterocycles. The number of carbonyl (C=O) groups is 1. The molecule has 0 spiro atoms. The van der Waals surface area contributed by atoms with Crippen molar-refractivity contribution in [2.75, 3.05) is 30.4 Å². The first-order valence-electron chi connectivity index (χ1n) is 10.7. The number of rotatable bonds is 3. The van der Waals surface area contributed by atoms with Crippen molar-refractivity contribution in [3.05, 3.63) is 57.0 Å². The number of ether oxygens (including phenoxy) is 1. The highest BCUT2D eigenvalue weighted by Gasteiger charge is 2.38. The molecular weight excluding hydrogens is 380 g/mol. The SMILES string of the molecule is COc1cccc(C2C3=C(CCCC3=O)Nc3nc(N4CCCCC4)[nH]c(=O)c32)c1. The van der Waals surface area contributed by atoms with Crippen molar-refractivity contribution in [1.29, 1.82) is 0 Å². The monoisotopic (exact) mass is 406 g/mol. The van der Waals surface area contributed by atoms with E-state index in [0.717, 1.165) is 50.0 Å². The summed E-state index contributed by atoms with van der Waals surface area (Å²) in [5.41, 5.74) is 2.79. The van der Waals surface area contributed by atoms with Gasteiger partial charge in [0.2, 0.25) is 5.95 Å². The molecule has 2 N–H and O–H groups in total. The number of nitrogens with zero attached hydrogens (tertiary/aromatic N) is 2. The summed E-state index contributed by atoms with van der Waals surface area (Å²) in [6.07, 6.45) is 5.52. The summed E-state index contributed by atoms with van der Waals surface area (Å²) in [7, 11) is 1.62. The number of piperidine rings is 1. The lowest BCUT2D eigenvalue weighted by atomic mass is 9.76. The van der Waals surface area contributed by atoms with Crippen LogP contribution in [0.5, 0.6) is 5.75 Å². The van der Waals surface area contributed by atoms with Crippen LogP contribution in [0.2, 0.25) is 0 Å². The van der Waals surface area contributed by atoms with Gasteiger partial charge in [0.05, 0.1) is 12.7 Å². The smallest absolute Gasteiger partial charge is 0.258 e. The summed E-state index contributed by atoms with van der Waals surface area (Å²) in [5, 5.41) is 3.35. The summed E-state index contributed by atoms with van der Waals surface area (Å²) in [6, 6.07) is 7.62. The highest BCUT2D eigenvalue weighted by atomic mass is 16.5. The number of ketones is 1. The third kappa shape index (κ3) is 3.18. The van der Waals surface area contributed by atoms with Gasteiger partial charge in [0.15, 0.2) is 5.78 Å². The molecule has 7 heteroatoms. The van der Waals surface area contributed by atoms with Gasteiger partial charge in [-0.15, -0.1) is 0 Å². The topological polar surface area (TPSA) is 87.3 Å². The molecule has 0 bridgehead atoms. The Kier molecular flexibility index (Phi) is 4.81. The second-order valence-corrected chi connectivity index (χ2v) is 8.20. The van der Waals surface area contributed by atoms with Gasteiger partial charge in [-0.2, -0.15) is 4.98 Å². The molecule has 2 aromatic rings. The van der Waals surface area contributed by atoms with Crippen molar-refractivity contribution in [2.24, 2.45) is 0 Å². The summed E-state index contributed by atoms with van der Waals surface area (Å²) in [4.78, 5) is 36.2. The van der Waals surface area contributed by atoms with Gasteiger partial charge in [0.25, 0.3) is 5.56 Å². The van der Waals surface area contributed by atoms with Gasteiger partial charge in [-0.25, -0.2) is 0 Å². The zero-order chi connectivity index (χ0) is 20.7. The number of Topliss-reactive ketones (excluding diaryl/α,β-unsaturated/α-hetero) is 1.